The summed E-state index contributed by atoms with van der Waals surface area (Å²) in [5, 5.41) is 19.8. The molecule has 0 bridgehead atoms. The average molecular weight is 481 g/mol. The van der Waals surface area contributed by atoms with Gasteiger partial charge in [0, 0.05) is 17.0 Å². The van der Waals surface area contributed by atoms with E-state index in [1.807, 2.05) is 38.1 Å². The largest absolute Gasteiger partial charge is 0.496 e. The summed E-state index contributed by atoms with van der Waals surface area (Å²) in [4.78, 5) is 30.6. The number of carboxylic acids is 2. The maximum absolute atomic E-state index is 12.1. The summed E-state index contributed by atoms with van der Waals surface area (Å²) in [5.41, 5.74) is 6.10. The summed E-state index contributed by atoms with van der Waals surface area (Å²) >= 11 is 0. The molecule has 2 heterocycles. The topological polar surface area (TPSA) is 115 Å². The van der Waals surface area contributed by atoms with Gasteiger partial charge < -0.3 is 24.9 Å². The molecule has 0 radical (unpaired) electrons. The van der Waals surface area contributed by atoms with Gasteiger partial charge >= 0.3 is 11.9 Å². The van der Waals surface area contributed by atoms with E-state index < -0.39 is 17.9 Å². The lowest BCUT2D eigenvalue weighted by Gasteiger charge is -2.22. The van der Waals surface area contributed by atoms with Crippen LogP contribution in [0.3, 0.4) is 0 Å². The van der Waals surface area contributed by atoms with Crippen molar-refractivity contribution in [1.82, 2.24) is 9.97 Å². The van der Waals surface area contributed by atoms with Crippen LogP contribution in [-0.4, -0.2) is 39.2 Å². The summed E-state index contributed by atoms with van der Waals surface area (Å²) in [6, 6.07) is 7.65. The second-order valence-corrected chi connectivity index (χ2v) is 9.03. The Hall–Kier alpha value is -3.48. The number of aromatic nitrogens is 2. The van der Waals surface area contributed by atoms with Crippen molar-refractivity contribution in [3.63, 3.8) is 0 Å². The van der Waals surface area contributed by atoms with Gasteiger partial charge in [0.1, 0.15) is 17.1 Å². The molecule has 0 saturated carbocycles. The van der Waals surface area contributed by atoms with Crippen LogP contribution in [0.5, 0.6) is 5.75 Å². The molecule has 7 heteroatoms. The van der Waals surface area contributed by atoms with Crippen LogP contribution < -0.4 is 4.74 Å². The van der Waals surface area contributed by atoms with Crippen molar-refractivity contribution in [2.24, 2.45) is 0 Å². The Morgan fingerprint density at radius 1 is 0.857 bits per heavy atom. The lowest BCUT2D eigenvalue weighted by molar-refractivity contribution is 0.0679. The van der Waals surface area contributed by atoms with Gasteiger partial charge in [-0.2, -0.15) is 0 Å². The number of para-hydroxylation sites is 1. The predicted molar refractivity (Wildman–Crippen MR) is 136 cm³/mol. The van der Waals surface area contributed by atoms with E-state index in [0.29, 0.717) is 5.75 Å². The summed E-state index contributed by atoms with van der Waals surface area (Å²) in [6.45, 7) is 7.89. The molecule has 1 aromatic carbocycles. The number of unbranched alkanes of at least 4 members (excludes halogenated alkanes) is 2. The number of aromatic carboxylic acids is 2. The molecule has 2 aromatic heterocycles. The Morgan fingerprint density at radius 2 is 1.31 bits per heavy atom. The van der Waals surface area contributed by atoms with E-state index in [-0.39, 0.29) is 11.4 Å². The minimum atomic E-state index is -1.01. The smallest absolute Gasteiger partial charge is 0.352 e. The minimum Gasteiger partial charge on any atom is -0.496 e. The minimum absolute atomic E-state index is 0.169. The fraction of sp³-hybridized carbons (Fsp3) is 0.429. The number of carbonyl (C=O) groups is 2. The summed E-state index contributed by atoms with van der Waals surface area (Å²) in [5.74, 6) is -1.80. The molecule has 0 fully saturated rings. The van der Waals surface area contributed by atoms with Crippen molar-refractivity contribution < 1.29 is 24.5 Å². The lowest BCUT2D eigenvalue weighted by atomic mass is 9.85. The summed E-state index contributed by atoms with van der Waals surface area (Å²) in [7, 11) is 1.61. The highest BCUT2D eigenvalue weighted by atomic mass is 16.5. The molecule has 3 rings (SSSR count). The molecule has 4 N–H and O–H groups in total. The molecule has 0 aliphatic carbocycles. The Labute approximate surface area is 206 Å². The molecule has 0 spiro atoms. The number of ether oxygens (including phenoxy) is 1. The van der Waals surface area contributed by atoms with E-state index in [1.165, 1.54) is 0 Å². The van der Waals surface area contributed by atoms with Crippen LogP contribution in [0, 0.1) is 13.8 Å². The number of hydrogen-bond donors (Lipinski definition) is 4. The Morgan fingerprint density at radius 3 is 1.71 bits per heavy atom. The number of methoxy groups -OCH3 is 1. The Bertz CT molecular complexity index is 1130. The zero-order chi connectivity index (χ0) is 25.7. The highest BCUT2D eigenvalue weighted by Crippen LogP contribution is 2.42. The molecule has 3 aromatic rings. The zero-order valence-electron chi connectivity index (χ0n) is 21.2. The van der Waals surface area contributed by atoms with Gasteiger partial charge in [0.2, 0.25) is 0 Å². The first-order chi connectivity index (χ1) is 16.8. The average Bonchev–Trinajstić information content (AvgIpc) is 3.33. The number of nitrogens with one attached hydrogen (secondary N) is 2. The molecule has 0 saturated heterocycles. The van der Waals surface area contributed by atoms with Crippen molar-refractivity contribution in [1.29, 1.82) is 0 Å². The van der Waals surface area contributed by atoms with Crippen LogP contribution in [0.4, 0.5) is 0 Å². The third-order valence-electron chi connectivity index (χ3n) is 6.84. The molecule has 0 amide bonds. The highest BCUT2D eigenvalue weighted by Gasteiger charge is 2.32. The number of rotatable bonds is 12. The highest BCUT2D eigenvalue weighted by molar-refractivity contribution is 5.89. The van der Waals surface area contributed by atoms with E-state index in [2.05, 4.69) is 23.8 Å². The number of aromatic amines is 2. The Kier molecular flexibility index (Phi) is 8.43. The molecule has 7 nitrogen and oxygen atoms in total. The van der Waals surface area contributed by atoms with Gasteiger partial charge in [-0.1, -0.05) is 44.9 Å². The zero-order valence-corrected chi connectivity index (χ0v) is 21.2. The van der Waals surface area contributed by atoms with Gasteiger partial charge in [0.05, 0.1) is 13.0 Å². The summed E-state index contributed by atoms with van der Waals surface area (Å²) < 4.78 is 5.72. The third-order valence-corrected chi connectivity index (χ3v) is 6.84. The number of hydrogen-bond acceptors (Lipinski definition) is 3. The first-order valence-electron chi connectivity index (χ1n) is 12.3. The van der Waals surface area contributed by atoms with Crippen molar-refractivity contribution in [2.45, 2.75) is 72.1 Å². The van der Waals surface area contributed by atoms with E-state index in [0.717, 1.165) is 77.7 Å². The molecular weight excluding hydrogens is 444 g/mol. The second-order valence-electron chi connectivity index (χ2n) is 9.03. The fourth-order valence-corrected chi connectivity index (χ4v) is 4.95. The molecular formula is C28H36N2O5. The van der Waals surface area contributed by atoms with Crippen LogP contribution in [0.25, 0.3) is 0 Å². The van der Waals surface area contributed by atoms with E-state index in [4.69, 9.17) is 4.74 Å². The van der Waals surface area contributed by atoms with Crippen LogP contribution in [0.15, 0.2) is 24.3 Å². The maximum Gasteiger partial charge on any atom is 0.352 e. The second kappa shape index (κ2) is 11.3. The normalized spacial score (nSPS) is 11.3. The summed E-state index contributed by atoms with van der Waals surface area (Å²) in [6.07, 6.45) is 5.22. The quantitative estimate of drug-likeness (QED) is 0.245. The third kappa shape index (κ3) is 5.14. The first-order valence-corrected chi connectivity index (χ1v) is 12.3. The van der Waals surface area contributed by atoms with Crippen molar-refractivity contribution in [3.8, 4) is 5.75 Å². The van der Waals surface area contributed by atoms with Crippen LogP contribution >= 0.6 is 0 Å². The van der Waals surface area contributed by atoms with Gasteiger partial charge in [-0.15, -0.1) is 0 Å². The number of H-pyrrole nitrogens is 2. The molecule has 35 heavy (non-hydrogen) atoms. The molecule has 0 aliphatic heterocycles. The van der Waals surface area contributed by atoms with Gasteiger partial charge in [0.25, 0.3) is 0 Å². The first kappa shape index (κ1) is 26.1. The number of benzene rings is 1. The standard InChI is InChI=1S/C28H36N2O5/c1-6-8-12-18-16(3)23(27(31)32)29-25(18)22(20-14-10-11-15-21(20)35-5)26-19(13-9-7-2)17(4)24(30-26)28(33)34/h10-11,14-15,22,29-30H,6-9,12-13H2,1-5H3,(H,31,32)(H,33,34). The van der Waals surface area contributed by atoms with Crippen molar-refractivity contribution in [2.75, 3.05) is 7.11 Å². The molecule has 188 valence electrons. The fourth-order valence-electron chi connectivity index (χ4n) is 4.95. The van der Waals surface area contributed by atoms with Crippen LogP contribution in [0.2, 0.25) is 0 Å². The lowest BCUT2D eigenvalue weighted by Crippen LogP contribution is -2.12. The van der Waals surface area contributed by atoms with E-state index >= 15 is 0 Å². The van der Waals surface area contributed by atoms with Crippen molar-refractivity contribution >= 4 is 11.9 Å². The SMILES string of the molecule is CCCCc1c(C(c2ccccc2OC)c2[nH]c(C(=O)O)c(C)c2CCCC)[nH]c(C(=O)O)c1C. The Balaban J connectivity index is 2.40. The monoisotopic (exact) mass is 480 g/mol. The molecule has 0 aliphatic rings. The molecule has 0 unspecified atom stereocenters. The van der Waals surface area contributed by atoms with Gasteiger partial charge in [-0.25, -0.2) is 9.59 Å². The van der Waals surface area contributed by atoms with E-state index in [9.17, 15) is 19.8 Å². The van der Waals surface area contributed by atoms with Crippen LogP contribution in [0.1, 0.15) is 106 Å². The van der Waals surface area contributed by atoms with Gasteiger partial charge in [0.15, 0.2) is 0 Å². The van der Waals surface area contributed by atoms with Gasteiger partial charge in [-0.3, -0.25) is 0 Å². The molecule has 0 atom stereocenters. The maximum atomic E-state index is 12.1. The van der Waals surface area contributed by atoms with Gasteiger partial charge in [-0.05, 0) is 67.9 Å². The predicted octanol–water partition coefficient (Wildman–Crippen LogP) is 6.23. The van der Waals surface area contributed by atoms with Crippen LogP contribution in [-0.2, 0) is 12.8 Å². The van der Waals surface area contributed by atoms with E-state index in [1.54, 1.807) is 7.11 Å². The number of carboxylic acid groups (broad SMARTS) is 2. The van der Waals surface area contributed by atoms with Crippen molar-refractivity contribution in [3.05, 3.63) is 74.9 Å².